The number of ether oxygens (including phenoxy) is 2. The molecule has 0 radical (unpaired) electrons. The number of para-hydroxylation sites is 1. The van der Waals surface area contributed by atoms with Crippen molar-refractivity contribution in [2.45, 2.75) is 19.3 Å². The Labute approximate surface area is 152 Å². The van der Waals surface area contributed by atoms with Crippen LogP contribution in [0.2, 0.25) is 0 Å². The highest BCUT2D eigenvalue weighted by atomic mass is 79.9. The number of benzene rings is 1. The molecule has 3 rings (SSSR count). The maximum absolute atomic E-state index is 12.2. The first-order valence-corrected chi connectivity index (χ1v) is 9.11. The van der Waals surface area contributed by atoms with Crippen molar-refractivity contribution in [2.75, 3.05) is 19.0 Å². The highest BCUT2D eigenvalue weighted by molar-refractivity contribution is 9.10. The summed E-state index contributed by atoms with van der Waals surface area (Å²) in [6.07, 6.45) is 2.82. The minimum Gasteiger partial charge on any atom is -0.483 e. The summed E-state index contributed by atoms with van der Waals surface area (Å²) in [4.78, 5) is 25.4. The van der Waals surface area contributed by atoms with Gasteiger partial charge >= 0.3 is 5.97 Å². The second-order valence-electron chi connectivity index (χ2n) is 5.32. The summed E-state index contributed by atoms with van der Waals surface area (Å²) in [6.45, 7) is -0.133. The van der Waals surface area contributed by atoms with Crippen molar-refractivity contribution >= 4 is 44.1 Å². The van der Waals surface area contributed by atoms with Crippen molar-refractivity contribution in [3.63, 3.8) is 0 Å². The number of esters is 1. The zero-order valence-electron chi connectivity index (χ0n) is 13.1. The topological polar surface area (TPSA) is 64.6 Å². The third-order valence-electron chi connectivity index (χ3n) is 3.76. The van der Waals surface area contributed by atoms with Crippen LogP contribution in [0.1, 0.15) is 27.2 Å². The average Bonchev–Trinajstić information content (AvgIpc) is 3.14. The van der Waals surface area contributed by atoms with Gasteiger partial charge in [-0.25, -0.2) is 4.79 Å². The molecule has 1 aliphatic rings. The number of fused-ring (bicyclic) bond motifs is 1. The van der Waals surface area contributed by atoms with E-state index in [0.29, 0.717) is 16.3 Å². The van der Waals surface area contributed by atoms with Crippen LogP contribution in [0.25, 0.3) is 0 Å². The number of thiophene rings is 1. The van der Waals surface area contributed by atoms with Crippen LogP contribution in [0, 0.1) is 0 Å². The average molecular weight is 410 g/mol. The number of halogens is 1. The van der Waals surface area contributed by atoms with E-state index in [4.69, 9.17) is 9.47 Å². The Morgan fingerprint density at radius 3 is 2.83 bits per heavy atom. The largest absolute Gasteiger partial charge is 0.483 e. The molecule has 0 aliphatic heterocycles. The van der Waals surface area contributed by atoms with Gasteiger partial charge in [-0.2, -0.15) is 0 Å². The van der Waals surface area contributed by atoms with E-state index in [2.05, 4.69) is 21.2 Å². The van der Waals surface area contributed by atoms with Crippen LogP contribution in [-0.4, -0.2) is 25.6 Å². The lowest BCUT2D eigenvalue weighted by atomic mass is 10.1. The Morgan fingerprint density at radius 2 is 2.08 bits per heavy atom. The number of rotatable bonds is 5. The predicted octanol–water partition coefficient (Wildman–Crippen LogP) is 3.80. The molecule has 5 nitrogen and oxygen atoms in total. The molecular weight excluding hydrogens is 394 g/mol. The molecule has 1 aromatic heterocycles. The van der Waals surface area contributed by atoms with Crippen LogP contribution in [0.5, 0.6) is 5.75 Å². The monoisotopic (exact) mass is 409 g/mol. The minimum absolute atomic E-state index is 0.133. The number of carbonyl (C=O) groups excluding carboxylic acids is 2. The molecule has 1 aromatic carbocycles. The summed E-state index contributed by atoms with van der Waals surface area (Å²) in [7, 11) is 1.35. The molecule has 0 atom stereocenters. The summed E-state index contributed by atoms with van der Waals surface area (Å²) in [5.74, 6) is -0.123. The normalized spacial score (nSPS) is 12.6. The number of aryl methyl sites for hydroxylation is 1. The smallest absolute Gasteiger partial charge is 0.341 e. The zero-order valence-corrected chi connectivity index (χ0v) is 15.5. The van der Waals surface area contributed by atoms with Crippen LogP contribution < -0.4 is 10.1 Å². The highest BCUT2D eigenvalue weighted by Gasteiger charge is 2.28. The van der Waals surface area contributed by atoms with Gasteiger partial charge in [0.15, 0.2) is 6.61 Å². The first-order valence-electron chi connectivity index (χ1n) is 7.50. The molecule has 0 fully saturated rings. The van der Waals surface area contributed by atoms with Crippen LogP contribution in [0.15, 0.2) is 28.7 Å². The van der Waals surface area contributed by atoms with E-state index in [1.165, 1.54) is 18.4 Å². The molecule has 2 aromatic rings. The molecule has 1 heterocycles. The number of hydrogen-bond acceptors (Lipinski definition) is 5. The van der Waals surface area contributed by atoms with E-state index in [9.17, 15) is 9.59 Å². The molecule has 0 spiro atoms. The number of methoxy groups -OCH3 is 1. The molecule has 1 aliphatic carbocycles. The van der Waals surface area contributed by atoms with Gasteiger partial charge in [0.2, 0.25) is 0 Å². The van der Waals surface area contributed by atoms with E-state index in [1.54, 1.807) is 6.07 Å². The van der Waals surface area contributed by atoms with Crippen molar-refractivity contribution in [3.8, 4) is 5.75 Å². The van der Waals surface area contributed by atoms with Crippen molar-refractivity contribution < 1.29 is 19.1 Å². The Morgan fingerprint density at radius 1 is 1.29 bits per heavy atom. The molecule has 0 unspecified atom stereocenters. The molecule has 0 saturated carbocycles. The number of anilines is 1. The van der Waals surface area contributed by atoms with Gasteiger partial charge in [0, 0.05) is 4.88 Å². The molecule has 1 N–H and O–H groups in total. The van der Waals surface area contributed by atoms with E-state index >= 15 is 0 Å². The maximum Gasteiger partial charge on any atom is 0.341 e. The number of nitrogens with one attached hydrogen (secondary N) is 1. The lowest BCUT2D eigenvalue weighted by Gasteiger charge is -2.09. The third-order valence-corrected chi connectivity index (χ3v) is 5.62. The fraction of sp³-hybridized carbons (Fsp3) is 0.294. The van der Waals surface area contributed by atoms with Crippen LogP contribution >= 0.6 is 27.3 Å². The van der Waals surface area contributed by atoms with Crippen LogP contribution in [0.3, 0.4) is 0 Å². The summed E-state index contributed by atoms with van der Waals surface area (Å²) >= 11 is 4.82. The molecule has 126 valence electrons. The minimum atomic E-state index is -0.406. The molecule has 7 heteroatoms. The van der Waals surface area contributed by atoms with Crippen molar-refractivity contribution in [1.29, 1.82) is 0 Å². The standard InChI is InChI=1S/C17H16BrNO4S/c1-22-17(21)15-10-5-4-8-13(10)24-16(15)19-14(20)9-23-12-7-3-2-6-11(12)18/h2-3,6-7H,4-5,8-9H2,1H3,(H,19,20). The Hall–Kier alpha value is -1.86. The van der Waals surface area contributed by atoms with Crippen LogP contribution in [-0.2, 0) is 22.4 Å². The first kappa shape index (κ1) is 17.0. The van der Waals surface area contributed by atoms with E-state index in [0.717, 1.165) is 34.2 Å². The second-order valence-corrected chi connectivity index (χ2v) is 7.28. The summed E-state index contributed by atoms with van der Waals surface area (Å²) in [5.41, 5.74) is 1.50. The summed E-state index contributed by atoms with van der Waals surface area (Å²) in [5, 5.41) is 3.33. The maximum atomic E-state index is 12.2. The van der Waals surface area contributed by atoms with Gasteiger partial charge < -0.3 is 14.8 Å². The predicted molar refractivity (Wildman–Crippen MR) is 96.0 cm³/mol. The van der Waals surface area contributed by atoms with Gasteiger partial charge in [-0.3, -0.25) is 4.79 Å². The summed E-state index contributed by atoms with van der Waals surface area (Å²) < 4.78 is 11.2. The SMILES string of the molecule is COC(=O)c1c(NC(=O)COc2ccccc2Br)sc2c1CCC2. The quantitative estimate of drug-likeness (QED) is 0.762. The third kappa shape index (κ3) is 3.47. The van der Waals surface area contributed by atoms with E-state index in [1.807, 2.05) is 18.2 Å². The van der Waals surface area contributed by atoms with Gasteiger partial charge in [0.25, 0.3) is 5.91 Å². The second kappa shape index (κ2) is 7.36. The number of amides is 1. The lowest BCUT2D eigenvalue weighted by molar-refractivity contribution is -0.118. The lowest BCUT2D eigenvalue weighted by Crippen LogP contribution is -2.21. The first-order chi connectivity index (χ1) is 11.6. The fourth-order valence-corrected chi connectivity index (χ4v) is 4.37. The Bertz CT molecular complexity index is 787. The molecule has 0 bridgehead atoms. The van der Waals surface area contributed by atoms with Crippen molar-refractivity contribution in [3.05, 3.63) is 44.7 Å². The van der Waals surface area contributed by atoms with Gasteiger partial charge in [0.05, 0.1) is 17.1 Å². The van der Waals surface area contributed by atoms with Gasteiger partial charge in [-0.15, -0.1) is 11.3 Å². The zero-order chi connectivity index (χ0) is 17.1. The van der Waals surface area contributed by atoms with Crippen LogP contribution in [0.4, 0.5) is 5.00 Å². The van der Waals surface area contributed by atoms with Gasteiger partial charge in [0.1, 0.15) is 10.8 Å². The number of carbonyl (C=O) groups is 2. The molecule has 1 amide bonds. The summed E-state index contributed by atoms with van der Waals surface area (Å²) in [6, 6.07) is 7.31. The number of hydrogen-bond donors (Lipinski definition) is 1. The van der Waals surface area contributed by atoms with Crippen molar-refractivity contribution in [2.24, 2.45) is 0 Å². The Kier molecular flexibility index (Phi) is 5.20. The fourth-order valence-electron chi connectivity index (χ4n) is 2.68. The van der Waals surface area contributed by atoms with Gasteiger partial charge in [-0.1, -0.05) is 12.1 Å². The van der Waals surface area contributed by atoms with E-state index in [-0.39, 0.29) is 12.5 Å². The molecule has 0 saturated heterocycles. The van der Waals surface area contributed by atoms with E-state index < -0.39 is 5.97 Å². The molecular formula is C17H16BrNO4S. The van der Waals surface area contributed by atoms with Crippen molar-refractivity contribution in [1.82, 2.24) is 0 Å². The Balaban J connectivity index is 1.71. The highest BCUT2D eigenvalue weighted by Crippen LogP contribution is 2.39. The molecule has 24 heavy (non-hydrogen) atoms. The van der Waals surface area contributed by atoms with Gasteiger partial charge in [-0.05, 0) is 52.9 Å².